The molecule has 10 nitrogen and oxygen atoms in total. The van der Waals surface area contributed by atoms with Crippen LogP contribution in [0, 0.1) is 0 Å². The van der Waals surface area contributed by atoms with Crippen LogP contribution in [0.5, 0.6) is 28.7 Å². The summed E-state index contributed by atoms with van der Waals surface area (Å²) in [5.74, 6) is 1.40. The van der Waals surface area contributed by atoms with Crippen molar-refractivity contribution in [2.24, 2.45) is 4.99 Å². The van der Waals surface area contributed by atoms with Crippen LogP contribution in [0.15, 0.2) is 45.3 Å². The third kappa shape index (κ3) is 5.84. The van der Waals surface area contributed by atoms with Gasteiger partial charge in [-0.1, -0.05) is 22.9 Å². The van der Waals surface area contributed by atoms with E-state index in [0.29, 0.717) is 59.9 Å². The predicted octanol–water partition coefficient (Wildman–Crippen LogP) is 4.27. The number of hydrogen-bond donors (Lipinski definition) is 0. The Labute approximate surface area is 252 Å². The zero-order chi connectivity index (χ0) is 30.7. The van der Waals surface area contributed by atoms with Crippen molar-refractivity contribution in [2.45, 2.75) is 39.8 Å². The molecule has 1 aromatic heterocycles. The van der Waals surface area contributed by atoms with Gasteiger partial charge in [-0.05, 0) is 69.2 Å². The molecule has 42 heavy (non-hydrogen) atoms. The number of fused-ring (bicyclic) bond motifs is 1. The van der Waals surface area contributed by atoms with Crippen LogP contribution in [-0.4, -0.2) is 51.7 Å². The second-order valence-electron chi connectivity index (χ2n) is 9.46. The Kier molecular flexibility index (Phi) is 9.53. The summed E-state index contributed by atoms with van der Waals surface area (Å²) in [5.41, 5.74) is 1.48. The lowest BCUT2D eigenvalue weighted by Crippen LogP contribution is -2.40. The molecule has 0 bridgehead atoms. The molecule has 224 valence electrons. The lowest BCUT2D eigenvalue weighted by Gasteiger charge is -2.26. The van der Waals surface area contributed by atoms with Crippen molar-refractivity contribution >= 4 is 35.0 Å². The second-order valence-corrected chi connectivity index (χ2v) is 10.9. The van der Waals surface area contributed by atoms with E-state index in [1.165, 1.54) is 44.3 Å². The number of nitrogens with zero attached hydrogens (tertiary/aromatic N) is 2. The Morgan fingerprint density at radius 2 is 1.64 bits per heavy atom. The van der Waals surface area contributed by atoms with Crippen molar-refractivity contribution in [3.8, 4) is 28.7 Å². The first kappa shape index (κ1) is 31.0. The minimum atomic E-state index is -0.879. The Bertz CT molecular complexity index is 1700. The molecule has 2 aromatic carbocycles. The number of methoxy groups -OCH3 is 4. The van der Waals surface area contributed by atoms with Crippen molar-refractivity contribution in [3.05, 3.63) is 71.4 Å². The Morgan fingerprint density at radius 1 is 1.02 bits per heavy atom. The molecular weight excluding hydrogens is 584 g/mol. The highest BCUT2D eigenvalue weighted by atomic mass is 35.5. The molecule has 12 heteroatoms. The van der Waals surface area contributed by atoms with Crippen molar-refractivity contribution in [3.63, 3.8) is 0 Å². The Morgan fingerprint density at radius 3 is 2.19 bits per heavy atom. The van der Waals surface area contributed by atoms with Gasteiger partial charge in [0, 0.05) is 0 Å². The van der Waals surface area contributed by atoms with Gasteiger partial charge in [-0.25, -0.2) is 9.79 Å². The molecule has 0 saturated carbocycles. The first-order chi connectivity index (χ1) is 20.1. The van der Waals surface area contributed by atoms with E-state index >= 15 is 0 Å². The number of carbonyl (C=O) groups excluding carboxylic acids is 1. The first-order valence-electron chi connectivity index (χ1n) is 13.1. The smallest absolute Gasteiger partial charge is 0.338 e. The highest BCUT2D eigenvalue weighted by Crippen LogP contribution is 2.42. The van der Waals surface area contributed by atoms with E-state index in [4.69, 9.17) is 40.0 Å². The van der Waals surface area contributed by atoms with E-state index in [1.54, 1.807) is 44.2 Å². The third-order valence-corrected chi connectivity index (χ3v) is 7.69. The normalized spacial score (nSPS) is 14.8. The van der Waals surface area contributed by atoms with Gasteiger partial charge in [-0.3, -0.25) is 9.36 Å². The molecule has 2 heterocycles. The van der Waals surface area contributed by atoms with E-state index < -0.39 is 12.0 Å². The van der Waals surface area contributed by atoms with Gasteiger partial charge in [0.25, 0.3) is 5.56 Å². The number of ether oxygens (including phenoxy) is 6. The van der Waals surface area contributed by atoms with Gasteiger partial charge in [-0.15, -0.1) is 0 Å². The molecule has 0 aliphatic carbocycles. The molecule has 0 amide bonds. The summed E-state index contributed by atoms with van der Waals surface area (Å²) < 4.78 is 35.2. The molecule has 0 saturated heterocycles. The summed E-state index contributed by atoms with van der Waals surface area (Å²) in [6.07, 6.45) is 1.59. The summed E-state index contributed by atoms with van der Waals surface area (Å²) in [4.78, 5) is 32.4. The lowest BCUT2D eigenvalue weighted by molar-refractivity contribution is -0.139. The lowest BCUT2D eigenvalue weighted by atomic mass is 9.95. The topological polar surface area (TPSA) is 107 Å². The number of hydrogen-bond acceptors (Lipinski definition) is 10. The van der Waals surface area contributed by atoms with Crippen LogP contribution in [0.1, 0.15) is 44.9 Å². The Hall–Kier alpha value is -3.96. The maximum atomic E-state index is 14.0. The molecule has 1 aliphatic heterocycles. The number of esters is 1. The highest BCUT2D eigenvalue weighted by molar-refractivity contribution is 7.07. The van der Waals surface area contributed by atoms with Crippen molar-refractivity contribution in [1.82, 2.24) is 4.57 Å². The zero-order valence-corrected chi connectivity index (χ0v) is 26.3. The standard InChI is InChI=1S/C30H33ClN2O8S/c1-9-40-29(35)24-16(4)32-30-33(25(24)18-13-21(37-6)27(39-8)22(14-18)38-7)28(34)23(42-30)12-17-10-19(31)26(41-15(2)3)20(11-17)36-5/h10-15,25H,9H2,1-8H3/b23-12-/t25-/m1/s1. The minimum Gasteiger partial charge on any atom is -0.493 e. The SMILES string of the molecule is CCOC(=O)C1=C(C)N=c2s/c(=C\c3cc(Cl)c(OC(C)C)c(OC)c3)c(=O)n2[C@@H]1c1cc(OC)c(OC)c(OC)c1. The summed E-state index contributed by atoms with van der Waals surface area (Å²) in [6, 6.07) is 5.98. The van der Waals surface area contributed by atoms with Crippen LogP contribution in [0.25, 0.3) is 6.08 Å². The predicted molar refractivity (Wildman–Crippen MR) is 160 cm³/mol. The maximum absolute atomic E-state index is 14.0. The minimum absolute atomic E-state index is 0.113. The van der Waals surface area contributed by atoms with Gasteiger partial charge in [0.1, 0.15) is 0 Å². The molecule has 0 fully saturated rings. The van der Waals surface area contributed by atoms with E-state index in [0.717, 1.165) is 0 Å². The highest BCUT2D eigenvalue weighted by Gasteiger charge is 2.34. The molecule has 4 rings (SSSR count). The molecule has 3 aromatic rings. The molecular formula is C30H33ClN2O8S. The number of benzene rings is 2. The number of carbonyl (C=O) groups is 1. The maximum Gasteiger partial charge on any atom is 0.338 e. The second kappa shape index (κ2) is 12.9. The quantitative estimate of drug-likeness (QED) is 0.311. The Balaban J connectivity index is 1.98. The first-order valence-corrected chi connectivity index (χ1v) is 14.3. The van der Waals surface area contributed by atoms with Gasteiger partial charge in [0.15, 0.2) is 27.8 Å². The van der Waals surface area contributed by atoms with Crippen LogP contribution in [0.2, 0.25) is 5.02 Å². The fourth-order valence-corrected chi connectivity index (χ4v) is 6.00. The fourth-order valence-electron chi connectivity index (χ4n) is 4.69. The van der Waals surface area contributed by atoms with Gasteiger partial charge >= 0.3 is 5.97 Å². The molecule has 1 aliphatic rings. The average molecular weight is 617 g/mol. The summed E-state index contributed by atoms with van der Waals surface area (Å²) in [5, 5.41) is 0.345. The van der Waals surface area contributed by atoms with Crippen LogP contribution >= 0.6 is 22.9 Å². The van der Waals surface area contributed by atoms with Crippen molar-refractivity contribution in [2.75, 3.05) is 35.0 Å². The molecule has 0 unspecified atom stereocenters. The molecule has 0 N–H and O–H groups in total. The number of aromatic nitrogens is 1. The van der Waals surface area contributed by atoms with Gasteiger partial charge in [0.05, 0.1) is 68.0 Å². The van der Waals surface area contributed by atoms with Crippen LogP contribution < -0.4 is 38.6 Å². The van der Waals surface area contributed by atoms with Crippen LogP contribution in [0.3, 0.4) is 0 Å². The third-order valence-electron chi connectivity index (χ3n) is 6.42. The monoisotopic (exact) mass is 616 g/mol. The average Bonchev–Trinajstić information content (AvgIpc) is 3.26. The van der Waals surface area contributed by atoms with Crippen LogP contribution in [0.4, 0.5) is 0 Å². The fraction of sp³-hybridized carbons (Fsp3) is 0.367. The van der Waals surface area contributed by atoms with Crippen molar-refractivity contribution < 1.29 is 33.2 Å². The number of rotatable bonds is 10. The number of thiazole rings is 1. The van der Waals surface area contributed by atoms with E-state index in [9.17, 15) is 9.59 Å². The molecule has 0 spiro atoms. The van der Waals surface area contributed by atoms with E-state index in [2.05, 4.69) is 4.99 Å². The zero-order valence-electron chi connectivity index (χ0n) is 24.7. The molecule has 1 atom stereocenters. The summed E-state index contributed by atoms with van der Waals surface area (Å²) in [6.45, 7) is 7.37. The largest absolute Gasteiger partial charge is 0.493 e. The number of allylic oxidation sites excluding steroid dienone is 1. The molecule has 0 radical (unpaired) electrons. The van der Waals surface area contributed by atoms with E-state index in [1.807, 2.05) is 13.8 Å². The number of halogens is 1. The van der Waals surface area contributed by atoms with Gasteiger partial charge in [-0.2, -0.15) is 0 Å². The van der Waals surface area contributed by atoms with Crippen LogP contribution in [-0.2, 0) is 9.53 Å². The summed E-state index contributed by atoms with van der Waals surface area (Å²) >= 11 is 7.72. The van der Waals surface area contributed by atoms with E-state index in [-0.39, 0.29) is 23.8 Å². The van der Waals surface area contributed by atoms with Crippen molar-refractivity contribution in [1.29, 1.82) is 0 Å². The van der Waals surface area contributed by atoms with Gasteiger partial charge in [0.2, 0.25) is 5.75 Å². The summed E-state index contributed by atoms with van der Waals surface area (Å²) in [7, 11) is 6.01. The van der Waals surface area contributed by atoms with Gasteiger partial charge < -0.3 is 28.4 Å².